The van der Waals surface area contributed by atoms with Gasteiger partial charge in [-0.3, -0.25) is 4.99 Å². The van der Waals surface area contributed by atoms with E-state index in [1.165, 1.54) is 0 Å². The van der Waals surface area contributed by atoms with Crippen molar-refractivity contribution >= 4 is 53.1 Å². The first-order valence-electron chi connectivity index (χ1n) is 6.32. The molecule has 0 amide bonds. The van der Waals surface area contributed by atoms with Gasteiger partial charge in [0.2, 0.25) is 0 Å². The molecule has 0 bridgehead atoms. The third kappa shape index (κ3) is 7.54. The highest BCUT2D eigenvalue weighted by atomic mass is 127. The fraction of sp³-hybridized carbons (Fsp3) is 0.500. The first kappa shape index (κ1) is 20.8. The van der Waals surface area contributed by atoms with Gasteiger partial charge in [-0.25, -0.2) is 0 Å². The van der Waals surface area contributed by atoms with Crippen molar-refractivity contribution in [3.8, 4) is 0 Å². The zero-order valence-corrected chi connectivity index (χ0v) is 16.6. The molecule has 1 aromatic carbocycles. The van der Waals surface area contributed by atoms with Gasteiger partial charge in [0.25, 0.3) is 0 Å². The van der Waals surface area contributed by atoms with Crippen LogP contribution in [-0.4, -0.2) is 57.1 Å². The van der Waals surface area contributed by atoms with Crippen molar-refractivity contribution in [1.29, 1.82) is 0 Å². The van der Waals surface area contributed by atoms with Gasteiger partial charge in [-0.15, -0.1) is 24.0 Å². The molecule has 21 heavy (non-hydrogen) atoms. The second kappa shape index (κ2) is 10.5. The number of aliphatic imine (C=N–C) groups is 1. The van der Waals surface area contributed by atoms with Crippen LogP contribution in [0.2, 0.25) is 10.0 Å². The summed E-state index contributed by atoms with van der Waals surface area (Å²) in [7, 11) is 7.86. The minimum atomic E-state index is 0. The van der Waals surface area contributed by atoms with E-state index < -0.39 is 0 Å². The first-order valence-corrected chi connectivity index (χ1v) is 7.08. The highest BCUT2D eigenvalue weighted by Crippen LogP contribution is 2.21. The first-order chi connectivity index (χ1) is 9.41. The molecule has 0 atom stereocenters. The molecule has 1 rings (SSSR count). The van der Waals surface area contributed by atoms with Gasteiger partial charge < -0.3 is 14.5 Å². The summed E-state index contributed by atoms with van der Waals surface area (Å²) in [6.45, 7) is 1.62. The Bertz CT molecular complexity index is 458. The van der Waals surface area contributed by atoms with E-state index in [0.29, 0.717) is 29.8 Å². The van der Waals surface area contributed by atoms with Crippen LogP contribution >= 0.6 is 47.2 Å². The molecular weight excluding hydrogens is 424 g/mol. The average molecular weight is 446 g/mol. The van der Waals surface area contributed by atoms with Gasteiger partial charge in [0.1, 0.15) is 0 Å². The predicted octanol–water partition coefficient (Wildman–Crippen LogP) is 3.61. The molecule has 0 spiro atoms. The Morgan fingerprint density at radius 1 is 1.14 bits per heavy atom. The monoisotopic (exact) mass is 445 g/mol. The summed E-state index contributed by atoms with van der Waals surface area (Å²) >= 11 is 11.9. The molecule has 0 aliphatic carbocycles. The average Bonchev–Trinajstić information content (AvgIpc) is 2.34. The smallest absolute Gasteiger partial charge is 0.195 e. The summed E-state index contributed by atoms with van der Waals surface area (Å²) in [6.07, 6.45) is 0. The van der Waals surface area contributed by atoms with Crippen LogP contribution in [0.25, 0.3) is 0 Å². The van der Waals surface area contributed by atoms with Crippen molar-refractivity contribution in [3.05, 3.63) is 33.8 Å². The molecule has 0 fully saturated rings. The van der Waals surface area contributed by atoms with Gasteiger partial charge in [0.05, 0.1) is 19.8 Å². The lowest BCUT2D eigenvalue weighted by Gasteiger charge is -2.22. The molecule has 0 aromatic heterocycles. The summed E-state index contributed by atoms with van der Waals surface area (Å²) in [4.78, 5) is 8.42. The van der Waals surface area contributed by atoms with Gasteiger partial charge >= 0.3 is 0 Å². The van der Waals surface area contributed by atoms with E-state index in [-0.39, 0.29) is 24.0 Å². The van der Waals surface area contributed by atoms with Crippen LogP contribution in [0.3, 0.4) is 0 Å². The summed E-state index contributed by atoms with van der Waals surface area (Å²) in [5.41, 5.74) is 0.931. The normalized spacial score (nSPS) is 9.81. The quantitative estimate of drug-likeness (QED) is 0.300. The number of rotatable bonds is 5. The van der Waals surface area contributed by atoms with E-state index >= 15 is 0 Å². The van der Waals surface area contributed by atoms with Crippen molar-refractivity contribution in [2.75, 3.05) is 41.3 Å². The molecule has 0 aliphatic rings. The Balaban J connectivity index is 0.00000400. The standard InChI is InChI=1S/C14H21Cl2N3O.HI/c1-18(2)14(19(3)4)17-7-8-20-10-11-5-6-12(15)9-13(11)16;/h5-6,9H,7-8,10H2,1-4H3;1H. The summed E-state index contributed by atoms with van der Waals surface area (Å²) < 4.78 is 5.58. The number of guanidine groups is 1. The number of hydrogen-bond acceptors (Lipinski definition) is 2. The molecule has 7 heteroatoms. The maximum absolute atomic E-state index is 6.07. The van der Waals surface area contributed by atoms with Crippen molar-refractivity contribution in [3.63, 3.8) is 0 Å². The van der Waals surface area contributed by atoms with E-state index in [2.05, 4.69) is 4.99 Å². The zero-order chi connectivity index (χ0) is 15.1. The lowest BCUT2D eigenvalue weighted by atomic mass is 10.2. The van der Waals surface area contributed by atoms with Crippen molar-refractivity contribution < 1.29 is 4.74 Å². The van der Waals surface area contributed by atoms with Gasteiger partial charge in [0.15, 0.2) is 5.96 Å². The van der Waals surface area contributed by atoms with Crippen LogP contribution in [0.5, 0.6) is 0 Å². The fourth-order valence-electron chi connectivity index (χ4n) is 1.71. The van der Waals surface area contributed by atoms with Crippen LogP contribution in [-0.2, 0) is 11.3 Å². The van der Waals surface area contributed by atoms with Gasteiger partial charge in [-0.2, -0.15) is 0 Å². The van der Waals surface area contributed by atoms with Crippen molar-refractivity contribution in [2.24, 2.45) is 4.99 Å². The molecule has 0 saturated carbocycles. The molecule has 1 aromatic rings. The number of benzene rings is 1. The molecule has 0 N–H and O–H groups in total. The lowest BCUT2D eigenvalue weighted by Crippen LogP contribution is -2.35. The number of nitrogens with zero attached hydrogens (tertiary/aromatic N) is 3. The van der Waals surface area contributed by atoms with Crippen LogP contribution in [0, 0.1) is 0 Å². The maximum Gasteiger partial charge on any atom is 0.195 e. The molecule has 0 heterocycles. The molecule has 4 nitrogen and oxygen atoms in total. The van der Waals surface area contributed by atoms with Gasteiger partial charge in [0, 0.05) is 38.2 Å². The van der Waals surface area contributed by atoms with Crippen LogP contribution in [0.15, 0.2) is 23.2 Å². The third-order valence-electron chi connectivity index (χ3n) is 2.56. The summed E-state index contributed by atoms with van der Waals surface area (Å²) in [6, 6.07) is 5.40. The molecule has 0 aliphatic heterocycles. The Labute approximate surface area is 154 Å². The second-order valence-electron chi connectivity index (χ2n) is 4.76. The highest BCUT2D eigenvalue weighted by molar-refractivity contribution is 14.0. The Morgan fingerprint density at radius 3 is 2.29 bits per heavy atom. The molecule has 0 radical (unpaired) electrons. The highest BCUT2D eigenvalue weighted by Gasteiger charge is 2.04. The lowest BCUT2D eigenvalue weighted by molar-refractivity contribution is 0.128. The number of hydrogen-bond donors (Lipinski definition) is 0. The largest absolute Gasteiger partial charge is 0.375 e. The van der Waals surface area contributed by atoms with E-state index in [4.69, 9.17) is 27.9 Å². The van der Waals surface area contributed by atoms with E-state index in [9.17, 15) is 0 Å². The predicted molar refractivity (Wildman–Crippen MR) is 101 cm³/mol. The van der Waals surface area contributed by atoms with E-state index in [1.807, 2.05) is 44.1 Å². The van der Waals surface area contributed by atoms with Crippen molar-refractivity contribution in [1.82, 2.24) is 9.80 Å². The van der Waals surface area contributed by atoms with Gasteiger partial charge in [-0.1, -0.05) is 29.3 Å². The minimum Gasteiger partial charge on any atom is -0.375 e. The van der Waals surface area contributed by atoms with Crippen LogP contribution < -0.4 is 0 Å². The Morgan fingerprint density at radius 2 is 1.76 bits per heavy atom. The second-order valence-corrected chi connectivity index (χ2v) is 5.60. The molecule has 0 saturated heterocycles. The Kier molecular flexibility index (Phi) is 10.4. The van der Waals surface area contributed by atoms with Crippen LogP contribution in [0.4, 0.5) is 0 Å². The topological polar surface area (TPSA) is 28.1 Å². The van der Waals surface area contributed by atoms with Crippen molar-refractivity contribution in [2.45, 2.75) is 6.61 Å². The Hall–Kier alpha value is -0.240. The summed E-state index contributed by atoms with van der Waals surface area (Å²) in [5, 5.41) is 1.26. The van der Waals surface area contributed by atoms with E-state index in [1.54, 1.807) is 12.1 Å². The zero-order valence-electron chi connectivity index (χ0n) is 12.8. The fourth-order valence-corrected chi connectivity index (χ4v) is 2.18. The molecule has 0 unspecified atom stereocenters. The SMILES string of the molecule is CN(C)C(=NCCOCc1ccc(Cl)cc1Cl)N(C)C.I. The maximum atomic E-state index is 6.07. The third-order valence-corrected chi connectivity index (χ3v) is 3.15. The summed E-state index contributed by atoms with van der Waals surface area (Å²) in [5.74, 6) is 0.915. The van der Waals surface area contributed by atoms with Crippen LogP contribution in [0.1, 0.15) is 5.56 Å². The molecule has 120 valence electrons. The number of halogens is 3. The number of ether oxygens (including phenoxy) is 1. The minimum absolute atomic E-state index is 0. The van der Waals surface area contributed by atoms with E-state index in [0.717, 1.165) is 11.5 Å². The van der Waals surface area contributed by atoms with Gasteiger partial charge in [-0.05, 0) is 17.7 Å². The molecular formula is C14H22Cl2IN3O.